The van der Waals surface area contributed by atoms with Crippen LogP contribution in [0.1, 0.15) is 0 Å². The second-order valence-corrected chi connectivity index (χ2v) is 1.57. The fourth-order valence-corrected chi connectivity index (χ4v) is 0. The van der Waals surface area contributed by atoms with Gasteiger partial charge in [0.1, 0.15) is 0 Å². The molecule has 0 aliphatic rings. The predicted molar refractivity (Wildman–Crippen MR) is 32.0 cm³/mol. The van der Waals surface area contributed by atoms with E-state index >= 15 is 0 Å². The maximum Gasteiger partial charge on any atom is 0.0523 e. The van der Waals surface area contributed by atoms with Gasteiger partial charge in [0.25, 0.3) is 0 Å². The largest absolute Gasteiger partial charge is 0.0523 e. The van der Waals surface area contributed by atoms with Crippen LogP contribution in [-0.2, 0) is 0 Å². The molecule has 5 heavy (non-hydrogen) atoms. The summed E-state index contributed by atoms with van der Waals surface area (Å²) in [6, 6.07) is 0. The van der Waals surface area contributed by atoms with Crippen LogP contribution in [0.3, 0.4) is 0 Å². The standard InChI is InChI=1S/Cl2S.Li.P/c1-3-2;;. The molecule has 26 valence electrons. The molecule has 0 amide bonds. The molecule has 5 heteroatoms. The summed E-state index contributed by atoms with van der Waals surface area (Å²) in [5.41, 5.74) is 0. The maximum absolute atomic E-state index is 4.68. The van der Waals surface area contributed by atoms with Crippen molar-refractivity contribution in [1.29, 1.82) is 0 Å². The monoisotopic (exact) mass is 140 g/mol. The molecule has 4 radical (unpaired) electrons. The summed E-state index contributed by atoms with van der Waals surface area (Å²) in [6.07, 6.45) is 0. The van der Waals surface area contributed by atoms with Gasteiger partial charge in [0.2, 0.25) is 0 Å². The zero-order chi connectivity index (χ0) is 2.71. The maximum atomic E-state index is 4.68. The van der Waals surface area contributed by atoms with E-state index in [4.69, 9.17) is 0 Å². The van der Waals surface area contributed by atoms with Crippen LogP contribution in [0.2, 0.25) is 0 Å². The van der Waals surface area contributed by atoms with Crippen molar-refractivity contribution in [2.45, 2.75) is 0 Å². The predicted octanol–water partition coefficient (Wildman–Crippen LogP) is 2.51. The molecule has 0 atom stereocenters. The Balaban J connectivity index is -0.0000000200. The molecule has 0 saturated carbocycles. The van der Waals surface area contributed by atoms with E-state index in [0.717, 1.165) is 0 Å². The third kappa shape index (κ3) is 24.4. The summed E-state index contributed by atoms with van der Waals surface area (Å²) >= 11 is 0. The number of hydrogen-bond acceptors (Lipinski definition) is 1. The Kier molecular flexibility index (Phi) is 52.8. The first-order valence-corrected chi connectivity index (χ1v) is 2.78. The molecule has 0 fully saturated rings. The SMILES string of the molecule is ClSCl.[Li].[P]. The van der Waals surface area contributed by atoms with Gasteiger partial charge < -0.3 is 0 Å². The second kappa shape index (κ2) is 16.7. The molecule has 0 aliphatic heterocycles. The van der Waals surface area contributed by atoms with Crippen LogP contribution in [0, 0.1) is 0 Å². The third-order valence-electron chi connectivity index (χ3n) is 0. The molecule has 0 aromatic heterocycles. The van der Waals surface area contributed by atoms with E-state index in [1.807, 2.05) is 0 Å². The Morgan fingerprint density at radius 3 is 1.20 bits per heavy atom. The third-order valence-corrected chi connectivity index (χ3v) is 0. The van der Waals surface area contributed by atoms with Gasteiger partial charge in [0, 0.05) is 28.8 Å². The summed E-state index contributed by atoms with van der Waals surface area (Å²) < 4.78 is 0. The van der Waals surface area contributed by atoms with E-state index in [9.17, 15) is 0 Å². The van der Waals surface area contributed by atoms with Gasteiger partial charge in [-0.15, -0.1) is 0 Å². The minimum atomic E-state index is 0. The number of halogens is 2. The van der Waals surface area contributed by atoms with Crippen molar-refractivity contribution >= 4 is 60.3 Å². The molecular formula is Cl2LiPS. The average Bonchev–Trinajstić information content (AvgIpc) is 0.918. The molecule has 0 aromatic rings. The van der Waals surface area contributed by atoms with Crippen LogP contribution in [0.5, 0.6) is 0 Å². The van der Waals surface area contributed by atoms with Crippen LogP contribution < -0.4 is 0 Å². The number of hydrogen-bond donors (Lipinski definition) is 0. The van der Waals surface area contributed by atoms with Crippen molar-refractivity contribution in [3.8, 4) is 0 Å². The Labute approximate surface area is 60.2 Å². The zero-order valence-corrected chi connectivity index (χ0v) is 5.83. The van der Waals surface area contributed by atoms with E-state index in [0.29, 0.717) is 10.2 Å². The van der Waals surface area contributed by atoms with E-state index < -0.39 is 0 Å². The molecule has 0 heterocycles. The zero-order valence-electron chi connectivity index (χ0n) is 2.61. The minimum Gasteiger partial charge on any atom is -0.0261 e. The van der Waals surface area contributed by atoms with Crippen molar-refractivity contribution in [2.75, 3.05) is 0 Å². The minimum absolute atomic E-state index is 0. The summed E-state index contributed by atoms with van der Waals surface area (Å²) in [6.45, 7) is 0. The summed E-state index contributed by atoms with van der Waals surface area (Å²) in [4.78, 5) is 0. The van der Waals surface area contributed by atoms with Crippen molar-refractivity contribution < 1.29 is 0 Å². The van der Waals surface area contributed by atoms with Gasteiger partial charge in [0.15, 0.2) is 0 Å². The van der Waals surface area contributed by atoms with E-state index in [2.05, 4.69) is 21.4 Å². The molecule has 0 N–H and O–H groups in total. The van der Waals surface area contributed by atoms with Gasteiger partial charge in [-0.1, -0.05) is 0 Å². The van der Waals surface area contributed by atoms with Gasteiger partial charge >= 0.3 is 0 Å². The Morgan fingerprint density at radius 1 is 1.20 bits per heavy atom. The van der Waals surface area contributed by atoms with Crippen LogP contribution in [-0.4, -0.2) is 18.9 Å². The van der Waals surface area contributed by atoms with Crippen LogP contribution >= 0.6 is 41.5 Å². The fraction of sp³-hybridized carbons (Fsp3) is 0. The Morgan fingerprint density at radius 2 is 1.20 bits per heavy atom. The Hall–Kier alpha value is 1.96. The van der Waals surface area contributed by atoms with Gasteiger partial charge in [-0.25, -0.2) is 0 Å². The molecule has 0 aliphatic carbocycles. The molecule has 0 saturated heterocycles. The molecule has 0 nitrogen and oxygen atoms in total. The topological polar surface area (TPSA) is 0 Å². The molecule has 0 aromatic carbocycles. The molecule has 0 spiro atoms. The molecule has 0 unspecified atom stereocenters. The van der Waals surface area contributed by atoms with Gasteiger partial charge in [0.05, 0.1) is 10.2 Å². The first-order chi connectivity index (χ1) is 1.41. The van der Waals surface area contributed by atoms with Gasteiger partial charge in [-0.2, -0.15) is 0 Å². The van der Waals surface area contributed by atoms with Crippen LogP contribution in [0.15, 0.2) is 0 Å². The number of rotatable bonds is 0. The van der Waals surface area contributed by atoms with Crippen molar-refractivity contribution in [3.05, 3.63) is 0 Å². The van der Waals surface area contributed by atoms with Crippen molar-refractivity contribution in [1.82, 2.24) is 0 Å². The molecule has 0 rings (SSSR count). The molecule has 0 bridgehead atoms. The van der Waals surface area contributed by atoms with Crippen molar-refractivity contribution in [2.24, 2.45) is 0 Å². The van der Waals surface area contributed by atoms with E-state index in [-0.39, 0.29) is 28.8 Å². The first kappa shape index (κ1) is 15.8. The van der Waals surface area contributed by atoms with Gasteiger partial charge in [-0.3, -0.25) is 0 Å². The smallest absolute Gasteiger partial charge is 0.0261 e. The first-order valence-electron chi connectivity index (χ1n) is 0.309. The Bertz CT molecular complexity index is 9.61. The summed E-state index contributed by atoms with van der Waals surface area (Å²) in [7, 11) is 10.1. The normalized spacial score (nSPS) is 3.60. The van der Waals surface area contributed by atoms with Crippen molar-refractivity contribution in [3.63, 3.8) is 0 Å². The summed E-state index contributed by atoms with van der Waals surface area (Å²) in [5, 5.41) is 0. The quantitative estimate of drug-likeness (QED) is 0.368. The summed E-state index contributed by atoms with van der Waals surface area (Å²) in [5.74, 6) is 0. The second-order valence-electron chi connectivity index (χ2n) is 0.0583. The van der Waals surface area contributed by atoms with E-state index in [1.54, 1.807) is 0 Å². The van der Waals surface area contributed by atoms with E-state index in [1.165, 1.54) is 0 Å². The average molecular weight is 141 g/mol. The van der Waals surface area contributed by atoms with Crippen LogP contribution in [0.25, 0.3) is 0 Å². The van der Waals surface area contributed by atoms with Gasteiger partial charge in [-0.05, 0) is 21.4 Å². The molecular weight excluding hydrogens is 141 g/mol. The fourth-order valence-electron chi connectivity index (χ4n) is 0. The van der Waals surface area contributed by atoms with Crippen LogP contribution in [0.4, 0.5) is 0 Å².